The second-order valence-electron chi connectivity index (χ2n) is 5.61. The Labute approximate surface area is 146 Å². The number of benzene rings is 1. The molecule has 0 atom stereocenters. The van der Waals surface area contributed by atoms with E-state index in [4.69, 9.17) is 14.5 Å². The lowest BCUT2D eigenvalue weighted by Crippen LogP contribution is -2.39. The van der Waals surface area contributed by atoms with Crippen LogP contribution >= 0.6 is 11.3 Å². The van der Waals surface area contributed by atoms with E-state index in [1.165, 1.54) is 4.88 Å². The van der Waals surface area contributed by atoms with Gasteiger partial charge in [0.25, 0.3) is 0 Å². The molecule has 0 amide bonds. The second kappa shape index (κ2) is 8.06. The third kappa shape index (κ3) is 4.20. The Morgan fingerprint density at radius 2 is 2.17 bits per heavy atom. The van der Waals surface area contributed by atoms with Crippen molar-refractivity contribution in [1.29, 1.82) is 0 Å². The fourth-order valence-electron chi connectivity index (χ4n) is 2.51. The molecule has 0 saturated carbocycles. The van der Waals surface area contributed by atoms with Crippen molar-refractivity contribution in [1.82, 2.24) is 10.2 Å². The average Bonchev–Trinajstić information content (AvgIpc) is 3.27. The topological polar surface area (TPSA) is 46.1 Å². The molecule has 6 heteroatoms. The molecule has 0 saturated heterocycles. The molecule has 1 aliphatic rings. The van der Waals surface area contributed by atoms with Gasteiger partial charge < -0.3 is 19.7 Å². The summed E-state index contributed by atoms with van der Waals surface area (Å²) in [5.41, 5.74) is 1.11. The summed E-state index contributed by atoms with van der Waals surface area (Å²) < 4.78 is 10.8. The largest absolute Gasteiger partial charge is 0.454 e. The zero-order valence-electron chi connectivity index (χ0n) is 14.1. The maximum absolute atomic E-state index is 5.43. The van der Waals surface area contributed by atoms with Crippen LogP contribution in [0.2, 0.25) is 0 Å². The first kappa shape index (κ1) is 16.6. The van der Waals surface area contributed by atoms with Gasteiger partial charge in [0.15, 0.2) is 17.5 Å². The summed E-state index contributed by atoms with van der Waals surface area (Å²) in [6.07, 6.45) is 1.03. The highest BCUT2D eigenvalue weighted by molar-refractivity contribution is 7.09. The molecular weight excluding hydrogens is 322 g/mol. The van der Waals surface area contributed by atoms with E-state index in [1.54, 1.807) is 11.3 Å². The zero-order chi connectivity index (χ0) is 16.8. The molecule has 24 heavy (non-hydrogen) atoms. The fraction of sp³-hybridized carbons (Fsp3) is 0.389. The quantitative estimate of drug-likeness (QED) is 0.645. The first-order chi connectivity index (χ1) is 11.8. The first-order valence-electron chi connectivity index (χ1n) is 8.16. The smallest absolute Gasteiger partial charge is 0.231 e. The molecule has 0 radical (unpaired) electrons. The lowest BCUT2D eigenvalue weighted by Gasteiger charge is -2.21. The highest BCUT2D eigenvalue weighted by Crippen LogP contribution is 2.32. The molecular formula is C18H23N3O2S. The molecule has 5 nitrogen and oxygen atoms in total. The van der Waals surface area contributed by atoms with Gasteiger partial charge in [-0.3, -0.25) is 0 Å². The second-order valence-corrected chi connectivity index (χ2v) is 6.64. The van der Waals surface area contributed by atoms with Crippen molar-refractivity contribution in [2.45, 2.75) is 19.9 Å². The molecule has 3 rings (SSSR count). The average molecular weight is 345 g/mol. The van der Waals surface area contributed by atoms with Crippen LogP contribution in [-0.2, 0) is 13.0 Å². The monoisotopic (exact) mass is 345 g/mol. The molecule has 0 unspecified atom stereocenters. The van der Waals surface area contributed by atoms with Gasteiger partial charge in [-0.25, -0.2) is 4.99 Å². The van der Waals surface area contributed by atoms with Gasteiger partial charge in [0.1, 0.15) is 0 Å². The number of nitrogens with zero attached hydrogens (tertiary/aromatic N) is 2. The van der Waals surface area contributed by atoms with E-state index in [-0.39, 0.29) is 0 Å². The molecule has 1 aliphatic heterocycles. The van der Waals surface area contributed by atoms with Gasteiger partial charge in [0.2, 0.25) is 6.79 Å². The summed E-state index contributed by atoms with van der Waals surface area (Å²) in [6, 6.07) is 10.3. The molecule has 0 bridgehead atoms. The third-order valence-corrected chi connectivity index (χ3v) is 4.75. The minimum absolute atomic E-state index is 0.302. The molecule has 0 aliphatic carbocycles. The predicted octanol–water partition coefficient (Wildman–Crippen LogP) is 3.12. The molecule has 1 aromatic heterocycles. The zero-order valence-corrected chi connectivity index (χ0v) is 14.9. The van der Waals surface area contributed by atoms with Crippen LogP contribution in [-0.4, -0.2) is 37.8 Å². The number of hydrogen-bond donors (Lipinski definition) is 1. The van der Waals surface area contributed by atoms with Gasteiger partial charge in [0.05, 0.1) is 6.54 Å². The Morgan fingerprint density at radius 1 is 1.29 bits per heavy atom. The summed E-state index contributed by atoms with van der Waals surface area (Å²) in [4.78, 5) is 8.32. The van der Waals surface area contributed by atoms with Crippen LogP contribution in [0.15, 0.2) is 40.7 Å². The number of hydrogen-bond acceptors (Lipinski definition) is 4. The fourth-order valence-corrected chi connectivity index (χ4v) is 3.21. The van der Waals surface area contributed by atoms with Crippen molar-refractivity contribution < 1.29 is 9.47 Å². The lowest BCUT2D eigenvalue weighted by atomic mass is 10.2. The number of guanidine groups is 1. The van der Waals surface area contributed by atoms with E-state index in [2.05, 4.69) is 41.7 Å². The number of ether oxygens (including phenoxy) is 2. The first-order valence-corrected chi connectivity index (χ1v) is 9.04. The van der Waals surface area contributed by atoms with Crippen LogP contribution in [0.5, 0.6) is 11.5 Å². The minimum Gasteiger partial charge on any atom is -0.454 e. The van der Waals surface area contributed by atoms with Gasteiger partial charge >= 0.3 is 0 Å². The van der Waals surface area contributed by atoms with Crippen molar-refractivity contribution in [2.24, 2.45) is 4.99 Å². The predicted molar refractivity (Wildman–Crippen MR) is 98.0 cm³/mol. The minimum atomic E-state index is 0.302. The van der Waals surface area contributed by atoms with E-state index >= 15 is 0 Å². The molecule has 0 fully saturated rings. The summed E-state index contributed by atoms with van der Waals surface area (Å²) in [5.74, 6) is 2.54. The van der Waals surface area contributed by atoms with Crippen molar-refractivity contribution in [3.63, 3.8) is 0 Å². The van der Waals surface area contributed by atoms with Crippen LogP contribution in [0, 0.1) is 0 Å². The van der Waals surface area contributed by atoms with Gasteiger partial charge in [-0.05, 0) is 42.5 Å². The van der Waals surface area contributed by atoms with E-state index in [0.717, 1.165) is 42.5 Å². The van der Waals surface area contributed by atoms with Gasteiger partial charge in [-0.1, -0.05) is 12.1 Å². The summed E-state index contributed by atoms with van der Waals surface area (Å²) >= 11 is 1.80. The van der Waals surface area contributed by atoms with Crippen molar-refractivity contribution in [2.75, 3.05) is 26.9 Å². The van der Waals surface area contributed by atoms with Crippen LogP contribution < -0.4 is 14.8 Å². The Morgan fingerprint density at radius 3 is 2.96 bits per heavy atom. The van der Waals surface area contributed by atoms with Crippen molar-refractivity contribution in [3.05, 3.63) is 46.2 Å². The van der Waals surface area contributed by atoms with E-state index < -0.39 is 0 Å². The summed E-state index contributed by atoms with van der Waals surface area (Å²) in [5, 5.41) is 5.48. The normalized spacial score (nSPS) is 13.2. The molecule has 1 aromatic carbocycles. The molecule has 1 N–H and O–H groups in total. The summed E-state index contributed by atoms with van der Waals surface area (Å²) in [6.45, 7) is 4.79. The van der Waals surface area contributed by atoms with E-state index in [1.807, 2.05) is 18.2 Å². The van der Waals surface area contributed by atoms with Gasteiger partial charge in [-0.15, -0.1) is 11.3 Å². The SMILES string of the molecule is CCNC(=NCc1ccc2c(c1)OCO2)N(C)CCc1cccs1. The maximum Gasteiger partial charge on any atom is 0.231 e. The highest BCUT2D eigenvalue weighted by atomic mass is 32.1. The summed E-state index contributed by atoms with van der Waals surface area (Å²) in [7, 11) is 2.08. The number of thiophene rings is 1. The van der Waals surface area contributed by atoms with Crippen LogP contribution in [0.3, 0.4) is 0 Å². The maximum atomic E-state index is 5.43. The number of likely N-dealkylation sites (N-methyl/N-ethyl adjacent to an activating group) is 1. The number of fused-ring (bicyclic) bond motifs is 1. The van der Waals surface area contributed by atoms with Crippen LogP contribution in [0.25, 0.3) is 0 Å². The van der Waals surface area contributed by atoms with Crippen LogP contribution in [0.1, 0.15) is 17.4 Å². The van der Waals surface area contributed by atoms with Crippen LogP contribution in [0.4, 0.5) is 0 Å². The standard InChI is InChI=1S/C18H23N3O2S/c1-3-19-18(21(2)9-8-15-5-4-10-24-15)20-12-14-6-7-16-17(11-14)23-13-22-16/h4-7,10-11H,3,8-9,12-13H2,1-2H3,(H,19,20). The molecule has 128 valence electrons. The number of rotatable bonds is 6. The Hall–Kier alpha value is -2.21. The van der Waals surface area contributed by atoms with Gasteiger partial charge in [-0.2, -0.15) is 0 Å². The van der Waals surface area contributed by atoms with Crippen molar-refractivity contribution in [3.8, 4) is 11.5 Å². The molecule has 2 aromatic rings. The van der Waals surface area contributed by atoms with E-state index in [0.29, 0.717) is 13.3 Å². The Bertz CT molecular complexity index is 686. The third-order valence-electron chi connectivity index (χ3n) is 3.82. The molecule has 2 heterocycles. The highest BCUT2D eigenvalue weighted by Gasteiger charge is 2.13. The number of nitrogens with one attached hydrogen (secondary N) is 1. The van der Waals surface area contributed by atoms with Crippen molar-refractivity contribution >= 4 is 17.3 Å². The Balaban J connectivity index is 1.62. The number of aliphatic imine (C=N–C) groups is 1. The lowest BCUT2D eigenvalue weighted by molar-refractivity contribution is 0.174. The molecule has 0 spiro atoms. The van der Waals surface area contributed by atoms with Gasteiger partial charge in [0, 0.05) is 25.0 Å². The Kier molecular flexibility index (Phi) is 5.59. The van der Waals surface area contributed by atoms with E-state index in [9.17, 15) is 0 Å².